The molecule has 0 unspecified atom stereocenters. The molecule has 0 fully saturated rings. The molecule has 19 heavy (non-hydrogen) atoms. The number of anilines is 1. The zero-order chi connectivity index (χ0) is 14.0. The number of halogens is 1. The Morgan fingerprint density at radius 2 is 1.95 bits per heavy atom. The monoisotopic (exact) mass is 259 g/mol. The van der Waals surface area contributed by atoms with Gasteiger partial charge in [-0.1, -0.05) is 12.1 Å². The maximum absolute atomic E-state index is 13.6. The Balaban J connectivity index is 2.33. The maximum Gasteiger partial charge on any atom is 0.260 e. The van der Waals surface area contributed by atoms with E-state index in [0.717, 1.165) is 11.6 Å². The first-order chi connectivity index (χ1) is 8.99. The number of carbonyl (C=O) groups excluding carboxylic acids is 1. The standard InChI is InChI=1S/C15H14FNO2/c1-10-4-3-5-11(8-10)17(2)15(19)13-7-6-12(18)9-14(13)16/h3-9,18H,1-2H3. The molecule has 0 aromatic heterocycles. The summed E-state index contributed by atoms with van der Waals surface area (Å²) in [5, 5.41) is 9.15. The highest BCUT2D eigenvalue weighted by Crippen LogP contribution is 2.20. The molecule has 0 radical (unpaired) electrons. The van der Waals surface area contributed by atoms with Crippen molar-refractivity contribution in [2.75, 3.05) is 11.9 Å². The van der Waals surface area contributed by atoms with Crippen molar-refractivity contribution in [1.82, 2.24) is 0 Å². The zero-order valence-electron chi connectivity index (χ0n) is 10.7. The number of nitrogens with zero attached hydrogens (tertiary/aromatic N) is 1. The minimum absolute atomic E-state index is 0.0678. The quantitative estimate of drug-likeness (QED) is 0.900. The van der Waals surface area contributed by atoms with Crippen molar-refractivity contribution in [3.63, 3.8) is 0 Å². The van der Waals surface area contributed by atoms with Gasteiger partial charge in [-0.2, -0.15) is 0 Å². The molecule has 0 aliphatic carbocycles. The average molecular weight is 259 g/mol. The highest BCUT2D eigenvalue weighted by Gasteiger charge is 2.17. The number of aryl methyl sites for hydroxylation is 1. The number of carbonyl (C=O) groups is 1. The van der Waals surface area contributed by atoms with E-state index in [9.17, 15) is 9.18 Å². The summed E-state index contributed by atoms with van der Waals surface area (Å²) in [6, 6.07) is 10.9. The van der Waals surface area contributed by atoms with Crippen LogP contribution in [0.1, 0.15) is 15.9 Å². The molecular weight excluding hydrogens is 245 g/mol. The van der Waals surface area contributed by atoms with Gasteiger partial charge in [0.2, 0.25) is 0 Å². The largest absolute Gasteiger partial charge is 0.508 e. The lowest BCUT2D eigenvalue weighted by Crippen LogP contribution is -2.27. The summed E-state index contributed by atoms with van der Waals surface area (Å²) in [7, 11) is 1.59. The molecular formula is C15H14FNO2. The van der Waals surface area contributed by atoms with E-state index in [1.807, 2.05) is 25.1 Å². The molecule has 2 aromatic rings. The van der Waals surface area contributed by atoms with Gasteiger partial charge >= 0.3 is 0 Å². The summed E-state index contributed by atoms with van der Waals surface area (Å²) < 4.78 is 13.6. The number of phenolic OH excluding ortho intramolecular Hbond substituents is 1. The summed E-state index contributed by atoms with van der Waals surface area (Å²) in [6.45, 7) is 1.92. The highest BCUT2D eigenvalue weighted by atomic mass is 19.1. The van der Waals surface area contributed by atoms with Gasteiger partial charge in [0.1, 0.15) is 11.6 Å². The Morgan fingerprint density at radius 3 is 2.58 bits per heavy atom. The fourth-order valence-electron chi connectivity index (χ4n) is 1.81. The van der Waals surface area contributed by atoms with Gasteiger partial charge in [-0.25, -0.2) is 4.39 Å². The summed E-state index contributed by atoms with van der Waals surface area (Å²) >= 11 is 0. The topological polar surface area (TPSA) is 40.5 Å². The second-order valence-corrected chi connectivity index (χ2v) is 4.37. The number of rotatable bonds is 2. The van der Waals surface area contributed by atoms with Crippen LogP contribution in [0.2, 0.25) is 0 Å². The number of amides is 1. The second-order valence-electron chi connectivity index (χ2n) is 4.37. The van der Waals surface area contributed by atoms with Crippen LogP contribution in [0.25, 0.3) is 0 Å². The number of hydrogen-bond acceptors (Lipinski definition) is 2. The summed E-state index contributed by atoms with van der Waals surface area (Å²) in [5.41, 5.74) is 1.64. The van der Waals surface area contributed by atoms with Crippen LogP contribution in [0.4, 0.5) is 10.1 Å². The van der Waals surface area contributed by atoms with Crippen LogP contribution in [0.3, 0.4) is 0 Å². The van der Waals surface area contributed by atoms with E-state index in [0.29, 0.717) is 5.69 Å². The van der Waals surface area contributed by atoms with Crippen molar-refractivity contribution in [2.45, 2.75) is 6.92 Å². The van der Waals surface area contributed by atoms with Crippen molar-refractivity contribution in [1.29, 1.82) is 0 Å². The fourth-order valence-corrected chi connectivity index (χ4v) is 1.81. The second kappa shape index (κ2) is 5.10. The zero-order valence-corrected chi connectivity index (χ0v) is 10.7. The summed E-state index contributed by atoms with van der Waals surface area (Å²) in [6.07, 6.45) is 0. The van der Waals surface area contributed by atoms with Gasteiger partial charge in [0.25, 0.3) is 5.91 Å². The van der Waals surface area contributed by atoms with Gasteiger partial charge in [0.05, 0.1) is 5.56 Å². The third kappa shape index (κ3) is 2.73. The lowest BCUT2D eigenvalue weighted by Gasteiger charge is -2.18. The lowest BCUT2D eigenvalue weighted by atomic mass is 10.1. The predicted octanol–water partition coefficient (Wildman–Crippen LogP) is 3.12. The molecule has 1 amide bonds. The molecule has 2 aromatic carbocycles. The van der Waals surface area contributed by atoms with Crippen LogP contribution in [-0.2, 0) is 0 Å². The van der Waals surface area contributed by atoms with Gasteiger partial charge in [0.15, 0.2) is 0 Å². The van der Waals surface area contributed by atoms with E-state index in [1.54, 1.807) is 13.1 Å². The van der Waals surface area contributed by atoms with Gasteiger partial charge < -0.3 is 10.0 Å². The molecule has 0 aliphatic rings. The molecule has 0 aliphatic heterocycles. The van der Waals surface area contributed by atoms with Crippen LogP contribution < -0.4 is 4.90 Å². The number of hydrogen-bond donors (Lipinski definition) is 1. The lowest BCUT2D eigenvalue weighted by molar-refractivity contribution is 0.0989. The SMILES string of the molecule is Cc1cccc(N(C)C(=O)c2ccc(O)cc2F)c1. The van der Waals surface area contributed by atoms with Crippen molar-refractivity contribution < 1.29 is 14.3 Å². The molecule has 0 bridgehead atoms. The van der Waals surface area contributed by atoms with Crippen LogP contribution in [0.5, 0.6) is 5.75 Å². The highest BCUT2D eigenvalue weighted by molar-refractivity contribution is 6.06. The minimum atomic E-state index is -0.732. The average Bonchev–Trinajstić information content (AvgIpc) is 2.37. The first-order valence-electron chi connectivity index (χ1n) is 5.82. The molecule has 0 saturated heterocycles. The van der Waals surface area contributed by atoms with Crippen molar-refractivity contribution in [2.24, 2.45) is 0 Å². The van der Waals surface area contributed by atoms with E-state index in [4.69, 9.17) is 5.11 Å². The summed E-state index contributed by atoms with van der Waals surface area (Å²) in [4.78, 5) is 13.6. The predicted molar refractivity (Wildman–Crippen MR) is 72.0 cm³/mol. The Kier molecular flexibility index (Phi) is 3.51. The molecule has 0 heterocycles. The molecule has 98 valence electrons. The maximum atomic E-state index is 13.6. The van der Waals surface area contributed by atoms with Gasteiger partial charge in [-0.15, -0.1) is 0 Å². The number of aromatic hydroxyl groups is 1. The Labute approximate surface area is 110 Å². The Bertz CT molecular complexity index is 625. The molecule has 0 spiro atoms. The molecule has 0 atom stereocenters. The van der Waals surface area contributed by atoms with Gasteiger partial charge in [0, 0.05) is 18.8 Å². The van der Waals surface area contributed by atoms with Crippen LogP contribution in [-0.4, -0.2) is 18.1 Å². The van der Waals surface area contributed by atoms with Crippen LogP contribution in [0.15, 0.2) is 42.5 Å². The van der Waals surface area contributed by atoms with E-state index >= 15 is 0 Å². The molecule has 3 nitrogen and oxygen atoms in total. The van der Waals surface area contributed by atoms with E-state index in [2.05, 4.69) is 0 Å². The molecule has 0 saturated carbocycles. The molecule has 2 rings (SSSR count). The normalized spacial score (nSPS) is 10.3. The number of benzene rings is 2. The fraction of sp³-hybridized carbons (Fsp3) is 0.133. The number of phenols is 1. The van der Waals surface area contributed by atoms with E-state index in [1.165, 1.54) is 17.0 Å². The first kappa shape index (κ1) is 13.1. The Morgan fingerprint density at radius 1 is 1.21 bits per heavy atom. The molecule has 4 heteroatoms. The third-order valence-electron chi connectivity index (χ3n) is 2.88. The van der Waals surface area contributed by atoms with Gasteiger partial charge in [-0.3, -0.25) is 4.79 Å². The van der Waals surface area contributed by atoms with Gasteiger partial charge in [-0.05, 0) is 36.8 Å². The van der Waals surface area contributed by atoms with Crippen molar-refractivity contribution >= 4 is 11.6 Å². The first-order valence-corrected chi connectivity index (χ1v) is 5.82. The van der Waals surface area contributed by atoms with Crippen LogP contribution in [0, 0.1) is 12.7 Å². The third-order valence-corrected chi connectivity index (χ3v) is 2.88. The van der Waals surface area contributed by atoms with Crippen molar-refractivity contribution in [3.05, 3.63) is 59.4 Å². The van der Waals surface area contributed by atoms with E-state index < -0.39 is 11.7 Å². The molecule has 1 N–H and O–H groups in total. The smallest absolute Gasteiger partial charge is 0.260 e. The Hall–Kier alpha value is -2.36. The van der Waals surface area contributed by atoms with E-state index in [-0.39, 0.29) is 11.3 Å². The van der Waals surface area contributed by atoms with Crippen molar-refractivity contribution in [3.8, 4) is 5.75 Å². The van der Waals surface area contributed by atoms with Crippen LogP contribution >= 0.6 is 0 Å². The summed E-state index contributed by atoms with van der Waals surface area (Å²) in [5.74, 6) is -1.39. The minimum Gasteiger partial charge on any atom is -0.508 e.